The van der Waals surface area contributed by atoms with Gasteiger partial charge in [-0.25, -0.2) is 4.79 Å². The van der Waals surface area contributed by atoms with Gasteiger partial charge in [-0.2, -0.15) is 11.8 Å². The van der Waals surface area contributed by atoms with Gasteiger partial charge in [-0.15, -0.1) is 0 Å². The molecule has 0 radical (unpaired) electrons. The fourth-order valence-corrected chi connectivity index (χ4v) is 4.86. The Balaban J connectivity index is 1.38. The Morgan fingerprint density at radius 1 is 1.00 bits per heavy atom. The molecule has 0 saturated carbocycles. The van der Waals surface area contributed by atoms with E-state index >= 15 is 0 Å². The highest BCUT2D eigenvalue weighted by Crippen LogP contribution is 2.44. The zero-order valence-corrected chi connectivity index (χ0v) is 20.2. The number of carbonyl (C=O) groups excluding carboxylic acids is 2. The Bertz CT molecular complexity index is 892. The predicted molar refractivity (Wildman–Crippen MR) is 130 cm³/mol. The number of esters is 1. The van der Waals surface area contributed by atoms with Crippen molar-refractivity contribution in [2.24, 2.45) is 0 Å². The summed E-state index contributed by atoms with van der Waals surface area (Å²) in [7, 11) is 0. The number of ether oxygens (including phenoxy) is 2. The molecule has 1 amide bonds. The van der Waals surface area contributed by atoms with Crippen LogP contribution in [-0.4, -0.2) is 41.8 Å². The van der Waals surface area contributed by atoms with Gasteiger partial charge >= 0.3 is 12.1 Å². The molecule has 0 unspecified atom stereocenters. The molecule has 1 aliphatic carbocycles. The van der Waals surface area contributed by atoms with Gasteiger partial charge in [-0.05, 0) is 62.1 Å². The van der Waals surface area contributed by atoms with Crippen molar-refractivity contribution in [3.8, 4) is 11.1 Å². The van der Waals surface area contributed by atoms with Gasteiger partial charge in [0.1, 0.15) is 12.2 Å². The summed E-state index contributed by atoms with van der Waals surface area (Å²) in [6.07, 6.45) is 0.817. The van der Waals surface area contributed by atoms with Gasteiger partial charge < -0.3 is 14.8 Å². The monoisotopic (exact) mass is 455 g/mol. The largest absolute Gasteiger partial charge is 0.460 e. The van der Waals surface area contributed by atoms with Crippen molar-refractivity contribution >= 4 is 23.8 Å². The minimum absolute atomic E-state index is 0.000299. The minimum Gasteiger partial charge on any atom is -0.460 e. The summed E-state index contributed by atoms with van der Waals surface area (Å²) in [5, 5.41) is 2.92. The maximum Gasteiger partial charge on any atom is 0.407 e. The third kappa shape index (κ3) is 6.76. The number of benzene rings is 2. The number of rotatable bonds is 9. The summed E-state index contributed by atoms with van der Waals surface area (Å²) in [6.45, 7) is 7.89. The fourth-order valence-electron chi connectivity index (χ4n) is 3.82. The first kappa shape index (κ1) is 24.2. The molecule has 0 heterocycles. The Hall–Kier alpha value is -2.47. The van der Waals surface area contributed by atoms with E-state index in [4.69, 9.17) is 9.47 Å². The van der Waals surface area contributed by atoms with Crippen molar-refractivity contribution in [1.29, 1.82) is 0 Å². The van der Waals surface area contributed by atoms with Crippen LogP contribution in [0.15, 0.2) is 48.5 Å². The van der Waals surface area contributed by atoms with E-state index in [0.29, 0.717) is 18.8 Å². The number of alkyl carbamates (subject to hydrolysis) is 1. The van der Waals surface area contributed by atoms with Crippen LogP contribution in [0.4, 0.5) is 4.79 Å². The van der Waals surface area contributed by atoms with Gasteiger partial charge in [-0.1, -0.05) is 48.5 Å². The van der Waals surface area contributed by atoms with E-state index in [1.807, 2.05) is 52.0 Å². The quantitative estimate of drug-likeness (QED) is 0.384. The van der Waals surface area contributed by atoms with Gasteiger partial charge in [0.2, 0.25) is 0 Å². The first-order valence-corrected chi connectivity index (χ1v) is 12.3. The second-order valence-electron chi connectivity index (χ2n) is 9.11. The summed E-state index contributed by atoms with van der Waals surface area (Å²) in [6, 6.07) is 16.6. The third-order valence-corrected chi connectivity index (χ3v) is 6.29. The Morgan fingerprint density at radius 2 is 1.59 bits per heavy atom. The van der Waals surface area contributed by atoms with Gasteiger partial charge in [0.15, 0.2) is 0 Å². The summed E-state index contributed by atoms with van der Waals surface area (Å²) in [5.74, 6) is 1.46. The molecular formula is C26H33NO4S. The summed E-state index contributed by atoms with van der Waals surface area (Å²) >= 11 is 1.69. The number of amides is 1. The molecule has 2 aromatic carbocycles. The van der Waals surface area contributed by atoms with Crippen molar-refractivity contribution < 1.29 is 19.1 Å². The van der Waals surface area contributed by atoms with E-state index in [0.717, 1.165) is 12.2 Å². The zero-order chi connectivity index (χ0) is 23.1. The van der Waals surface area contributed by atoms with Crippen LogP contribution in [0.5, 0.6) is 0 Å². The smallest absolute Gasteiger partial charge is 0.407 e. The normalized spacial score (nSPS) is 13.8. The SMILES string of the molecule is C[C@@H](CCSCCC(=O)OC(C)(C)C)NC(=O)OCC1c2ccccc2-c2ccccc21. The molecule has 172 valence electrons. The van der Waals surface area contributed by atoms with Crippen molar-refractivity contribution in [1.82, 2.24) is 5.32 Å². The molecule has 3 rings (SSSR count). The van der Waals surface area contributed by atoms with Crippen molar-refractivity contribution in [2.45, 2.75) is 58.1 Å². The summed E-state index contributed by atoms with van der Waals surface area (Å²) in [4.78, 5) is 24.1. The van der Waals surface area contributed by atoms with E-state index in [1.54, 1.807) is 11.8 Å². The predicted octanol–water partition coefficient (Wildman–Crippen LogP) is 5.77. The van der Waals surface area contributed by atoms with Crippen molar-refractivity contribution in [3.63, 3.8) is 0 Å². The molecule has 0 aromatic heterocycles. The second-order valence-corrected chi connectivity index (χ2v) is 10.3. The highest BCUT2D eigenvalue weighted by atomic mass is 32.2. The molecule has 0 bridgehead atoms. The lowest BCUT2D eigenvalue weighted by atomic mass is 9.98. The Labute approximate surface area is 195 Å². The molecule has 0 spiro atoms. The highest BCUT2D eigenvalue weighted by Gasteiger charge is 2.29. The molecule has 5 nitrogen and oxygen atoms in total. The number of carbonyl (C=O) groups is 2. The first-order chi connectivity index (χ1) is 15.2. The molecule has 32 heavy (non-hydrogen) atoms. The number of hydrogen-bond acceptors (Lipinski definition) is 5. The minimum atomic E-state index is -0.441. The lowest BCUT2D eigenvalue weighted by Crippen LogP contribution is -2.34. The Morgan fingerprint density at radius 3 is 2.19 bits per heavy atom. The maximum atomic E-state index is 12.3. The van der Waals surface area contributed by atoms with E-state index in [9.17, 15) is 9.59 Å². The molecular weight excluding hydrogens is 422 g/mol. The average Bonchev–Trinajstić information content (AvgIpc) is 3.04. The molecule has 2 aromatic rings. The van der Waals surface area contributed by atoms with Crippen molar-refractivity contribution in [3.05, 3.63) is 59.7 Å². The Kier molecular flexibility index (Phi) is 8.24. The van der Waals surface area contributed by atoms with Crippen LogP contribution in [0.2, 0.25) is 0 Å². The number of hydrogen-bond donors (Lipinski definition) is 1. The van der Waals surface area contributed by atoms with E-state index in [2.05, 4.69) is 29.6 Å². The first-order valence-electron chi connectivity index (χ1n) is 11.2. The van der Waals surface area contributed by atoms with Gasteiger partial charge in [0, 0.05) is 17.7 Å². The van der Waals surface area contributed by atoms with E-state index in [1.165, 1.54) is 22.3 Å². The van der Waals surface area contributed by atoms with Crippen LogP contribution >= 0.6 is 11.8 Å². The lowest BCUT2D eigenvalue weighted by Gasteiger charge is -2.19. The highest BCUT2D eigenvalue weighted by molar-refractivity contribution is 7.99. The molecule has 0 aliphatic heterocycles. The van der Waals surface area contributed by atoms with E-state index < -0.39 is 11.7 Å². The van der Waals surface area contributed by atoms with Crippen molar-refractivity contribution in [2.75, 3.05) is 18.1 Å². The van der Waals surface area contributed by atoms with Gasteiger partial charge in [0.05, 0.1) is 6.42 Å². The van der Waals surface area contributed by atoms with Crippen LogP contribution in [-0.2, 0) is 14.3 Å². The number of fused-ring (bicyclic) bond motifs is 3. The molecule has 6 heteroatoms. The fraction of sp³-hybridized carbons (Fsp3) is 0.462. The standard InChI is InChI=1S/C26H33NO4S/c1-18(13-15-32-16-14-24(28)31-26(2,3)4)27-25(29)30-17-23-21-11-7-5-9-19(21)20-10-6-8-12-22(20)23/h5-12,18,23H,13-17H2,1-4H3,(H,27,29)/t18-/m0/s1. The van der Waals surface area contributed by atoms with Crippen LogP contribution < -0.4 is 5.32 Å². The molecule has 1 N–H and O–H groups in total. The summed E-state index contributed by atoms with van der Waals surface area (Å²) in [5.41, 5.74) is 4.40. The maximum absolute atomic E-state index is 12.3. The molecule has 1 aliphatic rings. The van der Waals surface area contributed by atoms with Gasteiger partial charge in [-0.3, -0.25) is 4.79 Å². The van der Waals surface area contributed by atoms with Crippen LogP contribution in [0.25, 0.3) is 11.1 Å². The van der Waals surface area contributed by atoms with Crippen LogP contribution in [0, 0.1) is 0 Å². The third-order valence-electron chi connectivity index (χ3n) is 5.27. The topological polar surface area (TPSA) is 64.6 Å². The number of thioether (sulfide) groups is 1. The molecule has 0 saturated heterocycles. The molecule has 0 fully saturated rings. The van der Waals surface area contributed by atoms with E-state index in [-0.39, 0.29) is 17.9 Å². The van der Waals surface area contributed by atoms with Crippen LogP contribution in [0.3, 0.4) is 0 Å². The second kappa shape index (κ2) is 10.9. The number of nitrogens with one attached hydrogen (secondary N) is 1. The average molecular weight is 456 g/mol. The summed E-state index contributed by atoms with van der Waals surface area (Å²) < 4.78 is 10.9. The molecule has 1 atom stereocenters. The zero-order valence-electron chi connectivity index (χ0n) is 19.4. The van der Waals surface area contributed by atoms with Gasteiger partial charge in [0.25, 0.3) is 0 Å². The van der Waals surface area contributed by atoms with Crippen LogP contribution in [0.1, 0.15) is 57.6 Å². The lowest BCUT2D eigenvalue weighted by molar-refractivity contribution is -0.154.